The van der Waals surface area contributed by atoms with Crippen molar-refractivity contribution in [2.24, 2.45) is 7.05 Å². The molecule has 0 unspecified atom stereocenters. The summed E-state index contributed by atoms with van der Waals surface area (Å²) in [7, 11) is 1.80. The highest BCUT2D eigenvalue weighted by atomic mass is 16.6. The van der Waals surface area contributed by atoms with E-state index in [4.69, 9.17) is 0 Å². The molecule has 0 aliphatic heterocycles. The molecule has 1 heterocycles. The summed E-state index contributed by atoms with van der Waals surface area (Å²) in [4.78, 5) is 21.0. The number of nitro benzene ring substituents is 1. The van der Waals surface area contributed by atoms with Crippen molar-refractivity contribution in [3.05, 3.63) is 51.8 Å². The molecule has 0 aliphatic rings. The third-order valence-corrected chi connectivity index (χ3v) is 2.58. The Morgan fingerprint density at radius 1 is 1.47 bits per heavy atom. The summed E-state index contributed by atoms with van der Waals surface area (Å²) in [5.41, 5.74) is 1.29. The van der Waals surface area contributed by atoms with E-state index in [9.17, 15) is 14.9 Å². The molecule has 0 saturated carbocycles. The molecule has 1 aromatic heterocycles. The summed E-state index contributed by atoms with van der Waals surface area (Å²) in [6, 6.07) is 6.11. The molecule has 7 nitrogen and oxygen atoms in total. The molecular formula is C12H12N4O3. The fraction of sp³-hybridized carbons (Fsp3) is 0.167. The largest absolute Gasteiger partial charge is 0.374 e. The van der Waals surface area contributed by atoms with Crippen LogP contribution in [-0.4, -0.2) is 21.0 Å². The van der Waals surface area contributed by atoms with Crippen LogP contribution in [0.4, 0.5) is 11.4 Å². The molecule has 2 rings (SSSR count). The van der Waals surface area contributed by atoms with E-state index < -0.39 is 4.92 Å². The van der Waals surface area contributed by atoms with E-state index in [-0.39, 0.29) is 11.3 Å². The second kappa shape index (κ2) is 5.30. The first-order valence-corrected chi connectivity index (χ1v) is 5.56. The van der Waals surface area contributed by atoms with E-state index in [1.165, 1.54) is 18.2 Å². The van der Waals surface area contributed by atoms with Gasteiger partial charge in [-0.1, -0.05) is 0 Å². The molecule has 1 aromatic carbocycles. The SMILES string of the molecule is Cn1ccc(CNc2ccc(C=O)cc2[N+](=O)[O-])n1. The molecule has 0 amide bonds. The lowest BCUT2D eigenvalue weighted by Gasteiger charge is -2.05. The average molecular weight is 260 g/mol. The minimum atomic E-state index is -0.520. The van der Waals surface area contributed by atoms with Gasteiger partial charge in [0, 0.05) is 24.9 Å². The molecule has 2 aromatic rings. The number of nitro groups is 1. The molecule has 1 N–H and O–H groups in total. The van der Waals surface area contributed by atoms with E-state index in [2.05, 4.69) is 10.4 Å². The van der Waals surface area contributed by atoms with Crippen molar-refractivity contribution >= 4 is 17.7 Å². The quantitative estimate of drug-likeness (QED) is 0.502. The number of hydrogen-bond donors (Lipinski definition) is 1. The highest BCUT2D eigenvalue weighted by molar-refractivity contribution is 5.79. The molecule has 0 saturated heterocycles. The fourth-order valence-electron chi connectivity index (χ4n) is 1.67. The van der Waals surface area contributed by atoms with Gasteiger partial charge < -0.3 is 5.32 Å². The number of benzene rings is 1. The highest BCUT2D eigenvalue weighted by Gasteiger charge is 2.14. The number of aromatic nitrogens is 2. The smallest absolute Gasteiger partial charge is 0.293 e. The molecule has 0 aliphatic carbocycles. The van der Waals surface area contributed by atoms with E-state index in [0.29, 0.717) is 18.5 Å². The highest BCUT2D eigenvalue weighted by Crippen LogP contribution is 2.25. The Balaban J connectivity index is 2.19. The number of nitrogens with one attached hydrogen (secondary N) is 1. The molecule has 0 atom stereocenters. The molecule has 19 heavy (non-hydrogen) atoms. The van der Waals surface area contributed by atoms with Crippen LogP contribution in [0.15, 0.2) is 30.5 Å². The fourth-order valence-corrected chi connectivity index (χ4v) is 1.67. The summed E-state index contributed by atoms with van der Waals surface area (Å²) in [5.74, 6) is 0. The lowest BCUT2D eigenvalue weighted by atomic mass is 10.2. The first-order chi connectivity index (χ1) is 9.10. The Bertz CT molecular complexity index is 621. The second-order valence-corrected chi connectivity index (χ2v) is 3.99. The third-order valence-electron chi connectivity index (χ3n) is 2.58. The standard InChI is InChI=1S/C12H12N4O3/c1-15-5-4-10(14-15)7-13-11-3-2-9(8-17)6-12(11)16(18)19/h2-6,8,13H,7H2,1H3. The predicted molar refractivity (Wildman–Crippen MR) is 69.0 cm³/mol. The van der Waals surface area contributed by atoms with Crippen LogP contribution < -0.4 is 5.32 Å². The van der Waals surface area contributed by atoms with Gasteiger partial charge in [0.1, 0.15) is 12.0 Å². The third kappa shape index (κ3) is 2.95. The number of carbonyl (C=O) groups is 1. The van der Waals surface area contributed by atoms with Crippen LogP contribution >= 0.6 is 0 Å². The Kier molecular flexibility index (Phi) is 3.56. The normalized spacial score (nSPS) is 10.2. The zero-order valence-corrected chi connectivity index (χ0v) is 10.2. The van der Waals surface area contributed by atoms with Gasteiger partial charge in [-0.3, -0.25) is 19.6 Å². The van der Waals surface area contributed by atoms with E-state index >= 15 is 0 Å². The maximum Gasteiger partial charge on any atom is 0.293 e. The maximum atomic E-state index is 10.9. The number of hydrogen-bond acceptors (Lipinski definition) is 5. The predicted octanol–water partition coefficient (Wildman–Crippen LogP) is 1.75. The van der Waals surface area contributed by atoms with Gasteiger partial charge in [-0.2, -0.15) is 5.10 Å². The van der Waals surface area contributed by atoms with Gasteiger partial charge in [-0.15, -0.1) is 0 Å². The van der Waals surface area contributed by atoms with Gasteiger partial charge in [0.05, 0.1) is 17.2 Å². The van der Waals surface area contributed by atoms with Crippen LogP contribution in [0.3, 0.4) is 0 Å². The van der Waals surface area contributed by atoms with E-state index in [1.54, 1.807) is 17.9 Å². The Labute approximate surface area is 109 Å². The van der Waals surface area contributed by atoms with Crippen LogP contribution in [0.5, 0.6) is 0 Å². The van der Waals surface area contributed by atoms with Crippen LogP contribution in [0, 0.1) is 10.1 Å². The van der Waals surface area contributed by atoms with Gasteiger partial charge in [0.2, 0.25) is 0 Å². The number of nitrogens with zero attached hydrogens (tertiary/aromatic N) is 3. The molecule has 0 bridgehead atoms. The van der Waals surface area contributed by atoms with Gasteiger partial charge in [-0.05, 0) is 18.2 Å². The Morgan fingerprint density at radius 2 is 2.26 bits per heavy atom. The van der Waals surface area contributed by atoms with Crippen molar-refractivity contribution in [2.75, 3.05) is 5.32 Å². The number of anilines is 1. The summed E-state index contributed by atoms with van der Waals surface area (Å²) >= 11 is 0. The number of aryl methyl sites for hydroxylation is 1. The Morgan fingerprint density at radius 3 is 2.84 bits per heavy atom. The van der Waals surface area contributed by atoms with Crippen molar-refractivity contribution in [1.29, 1.82) is 0 Å². The first-order valence-electron chi connectivity index (χ1n) is 5.56. The Hall–Kier alpha value is -2.70. The number of aldehydes is 1. The zero-order valence-electron chi connectivity index (χ0n) is 10.2. The van der Waals surface area contributed by atoms with Gasteiger partial charge in [0.15, 0.2) is 0 Å². The summed E-state index contributed by atoms with van der Waals surface area (Å²) in [6.07, 6.45) is 2.37. The van der Waals surface area contributed by atoms with E-state index in [1.807, 2.05) is 6.07 Å². The van der Waals surface area contributed by atoms with Crippen molar-refractivity contribution in [1.82, 2.24) is 9.78 Å². The summed E-state index contributed by atoms with van der Waals surface area (Å²) < 4.78 is 1.65. The molecule has 0 radical (unpaired) electrons. The topological polar surface area (TPSA) is 90.1 Å². The van der Waals surface area contributed by atoms with Crippen molar-refractivity contribution in [3.63, 3.8) is 0 Å². The first kappa shape index (κ1) is 12.7. The monoisotopic (exact) mass is 260 g/mol. The van der Waals surface area contributed by atoms with Crippen LogP contribution in [-0.2, 0) is 13.6 Å². The number of rotatable bonds is 5. The second-order valence-electron chi connectivity index (χ2n) is 3.99. The van der Waals surface area contributed by atoms with Crippen molar-refractivity contribution in [2.45, 2.75) is 6.54 Å². The van der Waals surface area contributed by atoms with Gasteiger partial charge in [0.25, 0.3) is 5.69 Å². The van der Waals surface area contributed by atoms with Crippen molar-refractivity contribution in [3.8, 4) is 0 Å². The molecule has 0 spiro atoms. The minimum Gasteiger partial charge on any atom is -0.374 e. The van der Waals surface area contributed by atoms with Gasteiger partial charge in [-0.25, -0.2) is 0 Å². The molecule has 98 valence electrons. The summed E-state index contributed by atoms with van der Waals surface area (Å²) in [6.45, 7) is 0.377. The molecule has 7 heteroatoms. The van der Waals surface area contributed by atoms with Crippen LogP contribution in [0.2, 0.25) is 0 Å². The lowest BCUT2D eigenvalue weighted by Crippen LogP contribution is -2.04. The zero-order chi connectivity index (χ0) is 13.8. The summed E-state index contributed by atoms with van der Waals surface area (Å²) in [5, 5.41) is 18.0. The average Bonchev–Trinajstić information content (AvgIpc) is 2.82. The van der Waals surface area contributed by atoms with E-state index in [0.717, 1.165) is 5.69 Å². The van der Waals surface area contributed by atoms with Gasteiger partial charge >= 0.3 is 0 Å². The minimum absolute atomic E-state index is 0.125. The number of carbonyl (C=O) groups excluding carboxylic acids is 1. The lowest BCUT2D eigenvalue weighted by molar-refractivity contribution is -0.384. The molecular weight excluding hydrogens is 248 g/mol. The van der Waals surface area contributed by atoms with Crippen molar-refractivity contribution < 1.29 is 9.72 Å². The maximum absolute atomic E-state index is 10.9. The molecule has 0 fully saturated rings. The van der Waals surface area contributed by atoms with Crippen LogP contribution in [0.25, 0.3) is 0 Å². The van der Waals surface area contributed by atoms with Crippen LogP contribution in [0.1, 0.15) is 16.1 Å².